The van der Waals surface area contributed by atoms with Crippen LogP contribution in [-0.2, 0) is 21.2 Å². The summed E-state index contributed by atoms with van der Waals surface area (Å²) < 4.78 is 26.9. The number of carbonyl (C=O) groups is 2. The van der Waals surface area contributed by atoms with Crippen molar-refractivity contribution >= 4 is 27.5 Å². The molecule has 0 radical (unpaired) electrons. The highest BCUT2D eigenvalue weighted by atomic mass is 32.2. The molecule has 156 valence electrons. The van der Waals surface area contributed by atoms with Crippen LogP contribution in [0, 0.1) is 6.92 Å². The van der Waals surface area contributed by atoms with Crippen LogP contribution in [0.1, 0.15) is 47.4 Å². The van der Waals surface area contributed by atoms with Crippen LogP contribution >= 0.6 is 0 Å². The number of rotatable bonds is 7. The van der Waals surface area contributed by atoms with E-state index in [-0.39, 0.29) is 28.6 Å². The van der Waals surface area contributed by atoms with Crippen LogP contribution in [0.15, 0.2) is 29.2 Å². The van der Waals surface area contributed by atoms with Crippen molar-refractivity contribution in [1.82, 2.24) is 14.5 Å². The van der Waals surface area contributed by atoms with Gasteiger partial charge >= 0.3 is 0 Å². The van der Waals surface area contributed by atoms with E-state index in [1.165, 1.54) is 4.31 Å². The monoisotopic (exact) mass is 419 g/mol. The highest BCUT2D eigenvalue weighted by Crippen LogP contribution is 2.21. The molecule has 1 fully saturated rings. The Labute approximate surface area is 169 Å². The zero-order valence-electron chi connectivity index (χ0n) is 16.3. The number of amides is 2. The van der Waals surface area contributed by atoms with Gasteiger partial charge in [-0.3, -0.25) is 14.7 Å². The van der Waals surface area contributed by atoms with E-state index in [2.05, 4.69) is 15.5 Å². The molecule has 4 N–H and O–H groups in total. The average molecular weight is 420 g/mol. The number of nitrogens with two attached hydrogens (primary N) is 1. The molecule has 1 aromatic carbocycles. The summed E-state index contributed by atoms with van der Waals surface area (Å²) in [6.07, 6.45) is 3.44. The average Bonchev–Trinajstić information content (AvgIpc) is 3.08. The van der Waals surface area contributed by atoms with Crippen molar-refractivity contribution in [3.05, 3.63) is 41.2 Å². The van der Waals surface area contributed by atoms with E-state index < -0.39 is 15.9 Å². The van der Waals surface area contributed by atoms with Gasteiger partial charge in [-0.1, -0.05) is 18.6 Å². The van der Waals surface area contributed by atoms with E-state index in [0.717, 1.165) is 24.8 Å². The number of primary amides is 1. The molecule has 0 spiro atoms. The van der Waals surface area contributed by atoms with Gasteiger partial charge in [0.05, 0.1) is 16.3 Å². The molecule has 1 aliphatic rings. The molecular formula is C19H25N5O4S. The number of H-pyrrole nitrogens is 1. The van der Waals surface area contributed by atoms with Gasteiger partial charge in [0.2, 0.25) is 15.9 Å². The SMILES string of the molecule is Cc1[nH]nc(C(N)=O)c1NC(=O)CCc1ccc(S(=O)(=O)N2CCCCC2)cc1. The van der Waals surface area contributed by atoms with Gasteiger partial charge in [0.15, 0.2) is 5.69 Å². The summed E-state index contributed by atoms with van der Waals surface area (Å²) in [7, 11) is -3.46. The predicted molar refractivity (Wildman–Crippen MR) is 108 cm³/mol. The molecule has 0 bridgehead atoms. The summed E-state index contributed by atoms with van der Waals surface area (Å²) >= 11 is 0. The molecule has 3 rings (SSSR count). The highest BCUT2D eigenvalue weighted by molar-refractivity contribution is 7.89. The van der Waals surface area contributed by atoms with Gasteiger partial charge in [0.25, 0.3) is 5.91 Å². The third-order valence-corrected chi connectivity index (χ3v) is 6.87. The van der Waals surface area contributed by atoms with Crippen LogP contribution in [0.5, 0.6) is 0 Å². The van der Waals surface area contributed by atoms with Gasteiger partial charge in [0.1, 0.15) is 0 Å². The maximum absolute atomic E-state index is 12.7. The minimum absolute atomic E-state index is 0.0110. The van der Waals surface area contributed by atoms with Crippen LogP contribution in [0.2, 0.25) is 0 Å². The van der Waals surface area contributed by atoms with E-state index in [1.54, 1.807) is 31.2 Å². The number of aryl methyl sites for hydroxylation is 2. The number of sulfonamides is 1. The Bertz CT molecular complexity index is 992. The lowest BCUT2D eigenvalue weighted by Gasteiger charge is -2.25. The Morgan fingerprint density at radius 2 is 1.83 bits per heavy atom. The maximum atomic E-state index is 12.7. The lowest BCUT2D eigenvalue weighted by molar-refractivity contribution is -0.116. The van der Waals surface area contributed by atoms with Crippen LogP contribution in [-0.4, -0.2) is 47.8 Å². The van der Waals surface area contributed by atoms with Crippen LogP contribution in [0.4, 0.5) is 5.69 Å². The largest absolute Gasteiger partial charge is 0.364 e. The van der Waals surface area contributed by atoms with E-state index in [1.807, 2.05) is 0 Å². The normalized spacial score (nSPS) is 15.2. The number of nitrogens with zero attached hydrogens (tertiary/aromatic N) is 2. The Morgan fingerprint density at radius 3 is 2.45 bits per heavy atom. The van der Waals surface area contributed by atoms with Crippen LogP contribution in [0.3, 0.4) is 0 Å². The van der Waals surface area contributed by atoms with Gasteiger partial charge in [-0.05, 0) is 43.9 Å². The third-order valence-electron chi connectivity index (χ3n) is 4.96. The first kappa shape index (κ1) is 21.0. The number of hydrogen-bond donors (Lipinski definition) is 3. The molecule has 2 aromatic rings. The van der Waals surface area contributed by atoms with E-state index in [9.17, 15) is 18.0 Å². The molecule has 0 unspecified atom stereocenters. The Morgan fingerprint density at radius 1 is 1.17 bits per heavy atom. The molecule has 0 saturated carbocycles. The first-order valence-corrected chi connectivity index (χ1v) is 11.0. The summed E-state index contributed by atoms with van der Waals surface area (Å²) in [5, 5.41) is 9.05. The number of carbonyl (C=O) groups excluding carboxylic acids is 2. The number of nitrogens with one attached hydrogen (secondary N) is 2. The quantitative estimate of drug-likeness (QED) is 0.625. The van der Waals surface area contributed by atoms with Crippen molar-refractivity contribution in [3.8, 4) is 0 Å². The highest BCUT2D eigenvalue weighted by Gasteiger charge is 2.25. The van der Waals surface area contributed by atoms with Gasteiger partial charge in [-0.25, -0.2) is 8.42 Å². The van der Waals surface area contributed by atoms with Gasteiger partial charge < -0.3 is 11.1 Å². The first-order valence-electron chi connectivity index (χ1n) is 9.53. The number of piperidine rings is 1. The molecule has 9 nitrogen and oxygen atoms in total. The number of aromatic amines is 1. The zero-order chi connectivity index (χ0) is 21.0. The second-order valence-electron chi connectivity index (χ2n) is 7.09. The maximum Gasteiger partial charge on any atom is 0.271 e. The Kier molecular flexibility index (Phi) is 6.33. The summed E-state index contributed by atoms with van der Waals surface area (Å²) in [6, 6.07) is 6.62. The molecule has 1 aliphatic heterocycles. The van der Waals surface area contributed by atoms with Crippen molar-refractivity contribution < 1.29 is 18.0 Å². The molecule has 1 aromatic heterocycles. The molecule has 2 heterocycles. The number of hydrogen-bond acceptors (Lipinski definition) is 5. The fourth-order valence-corrected chi connectivity index (χ4v) is 4.82. The van der Waals surface area contributed by atoms with Crippen molar-refractivity contribution in [2.24, 2.45) is 5.73 Å². The summed E-state index contributed by atoms with van der Waals surface area (Å²) in [6.45, 7) is 2.80. The lowest BCUT2D eigenvalue weighted by atomic mass is 10.1. The molecular weight excluding hydrogens is 394 g/mol. The number of anilines is 1. The van der Waals surface area contributed by atoms with Gasteiger partial charge in [-0.2, -0.15) is 9.40 Å². The third kappa shape index (κ3) is 4.83. The molecule has 2 amide bonds. The number of aromatic nitrogens is 2. The molecule has 29 heavy (non-hydrogen) atoms. The summed E-state index contributed by atoms with van der Waals surface area (Å²) in [5.74, 6) is -1.02. The minimum Gasteiger partial charge on any atom is -0.364 e. The van der Waals surface area contributed by atoms with Crippen LogP contribution < -0.4 is 11.1 Å². The standard InChI is InChI=1S/C19H25N5O4S/c1-13-17(18(19(20)26)23-22-13)21-16(25)10-7-14-5-8-15(9-6-14)29(27,28)24-11-3-2-4-12-24/h5-6,8-9H,2-4,7,10-12H2,1H3,(H2,20,26)(H,21,25)(H,22,23). The van der Waals surface area contributed by atoms with Crippen molar-refractivity contribution in [3.63, 3.8) is 0 Å². The van der Waals surface area contributed by atoms with Gasteiger partial charge in [0, 0.05) is 19.5 Å². The smallest absolute Gasteiger partial charge is 0.271 e. The van der Waals surface area contributed by atoms with E-state index in [0.29, 0.717) is 25.2 Å². The molecule has 1 saturated heterocycles. The first-order chi connectivity index (χ1) is 13.8. The summed E-state index contributed by atoms with van der Waals surface area (Å²) in [4.78, 5) is 23.9. The topological polar surface area (TPSA) is 138 Å². The molecule has 0 atom stereocenters. The Balaban J connectivity index is 1.60. The van der Waals surface area contributed by atoms with E-state index >= 15 is 0 Å². The lowest BCUT2D eigenvalue weighted by Crippen LogP contribution is -2.35. The van der Waals surface area contributed by atoms with Crippen molar-refractivity contribution in [2.75, 3.05) is 18.4 Å². The van der Waals surface area contributed by atoms with Gasteiger partial charge in [-0.15, -0.1) is 0 Å². The predicted octanol–water partition coefficient (Wildman–Crippen LogP) is 1.56. The van der Waals surface area contributed by atoms with E-state index in [4.69, 9.17) is 5.73 Å². The zero-order valence-corrected chi connectivity index (χ0v) is 17.1. The number of benzene rings is 1. The van der Waals surface area contributed by atoms with Crippen LogP contribution in [0.25, 0.3) is 0 Å². The molecule has 0 aliphatic carbocycles. The minimum atomic E-state index is -3.46. The fraction of sp³-hybridized carbons (Fsp3) is 0.421. The second-order valence-corrected chi connectivity index (χ2v) is 9.03. The summed E-state index contributed by atoms with van der Waals surface area (Å²) in [5.41, 5.74) is 6.90. The van der Waals surface area contributed by atoms with Crippen molar-refractivity contribution in [1.29, 1.82) is 0 Å². The van der Waals surface area contributed by atoms with Crippen molar-refractivity contribution in [2.45, 2.75) is 43.9 Å². The second kappa shape index (κ2) is 8.75. The fourth-order valence-electron chi connectivity index (χ4n) is 3.30. The Hall–Kier alpha value is -2.72. The molecule has 10 heteroatoms.